The second-order valence-electron chi connectivity index (χ2n) is 3.55. The summed E-state index contributed by atoms with van der Waals surface area (Å²) in [4.78, 5) is 13.2. The van der Waals surface area contributed by atoms with Crippen LogP contribution in [0.1, 0.15) is 16.1 Å². The summed E-state index contributed by atoms with van der Waals surface area (Å²) in [5.74, 6) is -0.0317. The first-order valence-electron chi connectivity index (χ1n) is 5.29. The number of thiophene rings is 1. The number of hydrogen-bond donors (Lipinski definition) is 2. The number of thiol groups is 1. The number of nitrogens with zero attached hydrogens (tertiary/aromatic N) is 2. The Labute approximate surface area is 109 Å². The van der Waals surface area contributed by atoms with E-state index in [1.165, 1.54) is 11.3 Å². The number of amides is 1. The van der Waals surface area contributed by atoms with Gasteiger partial charge in [-0.1, -0.05) is 0 Å². The Bertz CT molecular complexity index is 479. The summed E-state index contributed by atoms with van der Waals surface area (Å²) in [5, 5.41) is 8.81. The zero-order chi connectivity index (χ0) is 12.1. The number of aryl methyl sites for hydroxylation is 1. The first kappa shape index (κ1) is 12.2. The lowest BCUT2D eigenvalue weighted by Gasteiger charge is -2.03. The quantitative estimate of drug-likeness (QED) is 0.643. The fourth-order valence-corrected chi connectivity index (χ4v) is 2.47. The molecule has 0 saturated carbocycles. The molecule has 17 heavy (non-hydrogen) atoms. The molecule has 90 valence electrons. The van der Waals surface area contributed by atoms with Crippen LogP contribution < -0.4 is 5.32 Å². The molecule has 4 nitrogen and oxygen atoms in total. The third-order valence-electron chi connectivity index (χ3n) is 2.22. The average Bonchev–Trinajstić information content (AvgIpc) is 2.95. The van der Waals surface area contributed by atoms with E-state index >= 15 is 0 Å². The zero-order valence-electron chi connectivity index (χ0n) is 9.17. The molecule has 0 bridgehead atoms. The predicted octanol–water partition coefficient (Wildman–Crippen LogP) is 2.05. The maximum atomic E-state index is 11.7. The summed E-state index contributed by atoms with van der Waals surface area (Å²) in [6.07, 6.45) is 4.53. The molecule has 0 aliphatic heterocycles. The van der Waals surface area contributed by atoms with Gasteiger partial charge in [0.05, 0.1) is 4.88 Å². The molecule has 2 aromatic rings. The minimum absolute atomic E-state index is 0.0317. The minimum atomic E-state index is -0.0317. The lowest BCUT2D eigenvalue weighted by atomic mass is 10.4. The van der Waals surface area contributed by atoms with Crippen molar-refractivity contribution in [2.45, 2.75) is 17.9 Å². The molecule has 2 rings (SSSR count). The number of aromatic nitrogens is 2. The van der Waals surface area contributed by atoms with Gasteiger partial charge in [0, 0.05) is 35.8 Å². The molecule has 0 aromatic carbocycles. The van der Waals surface area contributed by atoms with Crippen LogP contribution in [0.4, 0.5) is 0 Å². The van der Waals surface area contributed by atoms with Gasteiger partial charge in [0.2, 0.25) is 0 Å². The van der Waals surface area contributed by atoms with Gasteiger partial charge < -0.3 is 5.32 Å². The second kappa shape index (κ2) is 5.88. The molecule has 1 N–H and O–H groups in total. The Kier molecular flexibility index (Phi) is 4.22. The van der Waals surface area contributed by atoms with Gasteiger partial charge in [-0.15, -0.1) is 24.0 Å². The molecular weight excluding hydrogens is 254 g/mol. The third-order valence-corrected chi connectivity index (χ3v) is 3.58. The van der Waals surface area contributed by atoms with Crippen molar-refractivity contribution >= 4 is 29.9 Å². The van der Waals surface area contributed by atoms with Crippen molar-refractivity contribution in [1.29, 1.82) is 0 Å². The number of carbonyl (C=O) groups is 1. The average molecular weight is 267 g/mol. The highest BCUT2D eigenvalue weighted by molar-refractivity contribution is 7.80. The van der Waals surface area contributed by atoms with Crippen LogP contribution >= 0.6 is 24.0 Å². The number of carbonyl (C=O) groups excluding carboxylic acids is 1. The maximum Gasteiger partial charge on any atom is 0.261 e. The van der Waals surface area contributed by atoms with Crippen molar-refractivity contribution < 1.29 is 4.79 Å². The number of hydrogen-bond acceptors (Lipinski definition) is 4. The molecule has 1 amide bonds. The van der Waals surface area contributed by atoms with Crippen LogP contribution in [0.15, 0.2) is 34.8 Å². The molecule has 0 aliphatic carbocycles. The van der Waals surface area contributed by atoms with Gasteiger partial charge in [0.1, 0.15) is 0 Å². The lowest BCUT2D eigenvalue weighted by molar-refractivity contribution is 0.0956. The van der Waals surface area contributed by atoms with E-state index in [2.05, 4.69) is 23.0 Å². The van der Waals surface area contributed by atoms with E-state index in [1.54, 1.807) is 12.3 Å². The Hall–Kier alpha value is -1.27. The summed E-state index contributed by atoms with van der Waals surface area (Å²) in [6, 6.07) is 3.66. The molecule has 2 aromatic heterocycles. The molecule has 0 saturated heterocycles. The van der Waals surface area contributed by atoms with Gasteiger partial charge in [-0.3, -0.25) is 9.48 Å². The zero-order valence-corrected chi connectivity index (χ0v) is 10.9. The van der Waals surface area contributed by atoms with Crippen molar-refractivity contribution in [2.75, 3.05) is 6.54 Å². The van der Waals surface area contributed by atoms with Crippen molar-refractivity contribution in [3.8, 4) is 0 Å². The van der Waals surface area contributed by atoms with E-state index < -0.39 is 0 Å². The van der Waals surface area contributed by atoms with Gasteiger partial charge in [0.25, 0.3) is 5.91 Å². The Balaban J connectivity index is 1.70. The van der Waals surface area contributed by atoms with Gasteiger partial charge in [-0.2, -0.15) is 5.10 Å². The summed E-state index contributed by atoms with van der Waals surface area (Å²) >= 11 is 5.58. The van der Waals surface area contributed by atoms with E-state index in [0.29, 0.717) is 11.4 Å². The summed E-state index contributed by atoms with van der Waals surface area (Å²) < 4.78 is 1.85. The van der Waals surface area contributed by atoms with Crippen LogP contribution in [-0.4, -0.2) is 22.2 Å². The van der Waals surface area contributed by atoms with Crippen LogP contribution in [0.5, 0.6) is 0 Å². The third kappa shape index (κ3) is 3.61. The van der Waals surface area contributed by atoms with Crippen molar-refractivity contribution in [3.05, 3.63) is 34.8 Å². The Morgan fingerprint density at radius 1 is 1.59 bits per heavy atom. The SMILES string of the molecule is O=C(NCCCn1cccn1)c1cc(S)cs1. The van der Waals surface area contributed by atoms with Gasteiger partial charge in [-0.25, -0.2) is 0 Å². The van der Waals surface area contributed by atoms with Gasteiger partial charge >= 0.3 is 0 Å². The normalized spacial score (nSPS) is 10.4. The van der Waals surface area contributed by atoms with E-state index in [4.69, 9.17) is 0 Å². The standard InChI is InChI=1S/C11H13N3OS2/c15-11(10-7-9(16)8-17-10)12-3-1-5-14-6-2-4-13-14/h2,4,6-8,16H,1,3,5H2,(H,12,15). The van der Waals surface area contributed by atoms with E-state index in [9.17, 15) is 4.79 Å². The Morgan fingerprint density at radius 2 is 2.47 bits per heavy atom. The van der Waals surface area contributed by atoms with Crippen molar-refractivity contribution in [1.82, 2.24) is 15.1 Å². The van der Waals surface area contributed by atoms with Crippen molar-refractivity contribution in [3.63, 3.8) is 0 Å². The topological polar surface area (TPSA) is 46.9 Å². The van der Waals surface area contributed by atoms with Crippen LogP contribution in [0.3, 0.4) is 0 Å². The fraction of sp³-hybridized carbons (Fsp3) is 0.273. The Morgan fingerprint density at radius 3 is 3.12 bits per heavy atom. The summed E-state index contributed by atoms with van der Waals surface area (Å²) in [5.41, 5.74) is 0. The molecule has 6 heteroatoms. The van der Waals surface area contributed by atoms with E-state index in [0.717, 1.165) is 17.9 Å². The molecule has 0 spiro atoms. The second-order valence-corrected chi connectivity index (χ2v) is 4.98. The number of rotatable bonds is 5. The highest BCUT2D eigenvalue weighted by Crippen LogP contribution is 2.17. The number of nitrogens with one attached hydrogen (secondary N) is 1. The summed E-state index contributed by atoms with van der Waals surface area (Å²) in [6.45, 7) is 1.47. The van der Waals surface area contributed by atoms with E-state index in [1.807, 2.05) is 22.3 Å². The molecule has 0 unspecified atom stereocenters. The minimum Gasteiger partial charge on any atom is -0.351 e. The monoisotopic (exact) mass is 267 g/mol. The maximum absolute atomic E-state index is 11.7. The summed E-state index contributed by atoms with van der Waals surface area (Å²) in [7, 11) is 0. The smallest absolute Gasteiger partial charge is 0.261 e. The van der Waals surface area contributed by atoms with Crippen LogP contribution in [-0.2, 0) is 6.54 Å². The van der Waals surface area contributed by atoms with Crippen LogP contribution in [0, 0.1) is 0 Å². The van der Waals surface area contributed by atoms with Crippen LogP contribution in [0.2, 0.25) is 0 Å². The molecule has 0 aliphatic rings. The molecule has 2 heterocycles. The van der Waals surface area contributed by atoms with Gasteiger partial charge in [0.15, 0.2) is 0 Å². The lowest BCUT2D eigenvalue weighted by Crippen LogP contribution is -2.24. The highest BCUT2D eigenvalue weighted by Gasteiger charge is 2.06. The molecule has 0 atom stereocenters. The first-order valence-corrected chi connectivity index (χ1v) is 6.61. The van der Waals surface area contributed by atoms with Crippen molar-refractivity contribution in [2.24, 2.45) is 0 Å². The largest absolute Gasteiger partial charge is 0.351 e. The highest BCUT2D eigenvalue weighted by atomic mass is 32.1. The first-order chi connectivity index (χ1) is 8.25. The van der Waals surface area contributed by atoms with E-state index in [-0.39, 0.29) is 5.91 Å². The molecule has 0 radical (unpaired) electrons. The fourth-order valence-electron chi connectivity index (χ4n) is 1.41. The molecule has 0 fully saturated rings. The molecular formula is C11H13N3OS2. The van der Waals surface area contributed by atoms with Crippen LogP contribution in [0.25, 0.3) is 0 Å². The predicted molar refractivity (Wildman–Crippen MR) is 70.7 cm³/mol. The van der Waals surface area contributed by atoms with Gasteiger partial charge in [-0.05, 0) is 18.6 Å².